The van der Waals surface area contributed by atoms with Crippen LogP contribution in [0.3, 0.4) is 0 Å². The Morgan fingerprint density at radius 2 is 1.56 bits per heavy atom. The van der Waals surface area contributed by atoms with Crippen molar-refractivity contribution in [3.05, 3.63) is 93.9 Å². The zero-order valence-electron chi connectivity index (χ0n) is 17.5. The zero-order valence-corrected chi connectivity index (χ0v) is 17.5. The van der Waals surface area contributed by atoms with Gasteiger partial charge in [-0.3, -0.25) is 19.7 Å². The molecule has 9 nitrogen and oxygen atoms in total. The van der Waals surface area contributed by atoms with E-state index < -0.39 is 22.6 Å². The molecule has 0 bridgehead atoms. The quantitative estimate of drug-likeness (QED) is 0.348. The van der Waals surface area contributed by atoms with Crippen molar-refractivity contribution in [3.8, 4) is 11.5 Å². The van der Waals surface area contributed by atoms with Crippen LogP contribution in [0.2, 0.25) is 0 Å². The lowest BCUT2D eigenvalue weighted by molar-refractivity contribution is -0.384. The van der Waals surface area contributed by atoms with Crippen molar-refractivity contribution in [2.45, 2.75) is 0 Å². The number of benzene rings is 3. The van der Waals surface area contributed by atoms with Crippen LogP contribution in [0.15, 0.2) is 72.4 Å². The van der Waals surface area contributed by atoms with Crippen LogP contribution in [0.1, 0.15) is 5.56 Å². The van der Waals surface area contributed by atoms with E-state index in [1.54, 1.807) is 18.2 Å². The molecule has 2 amide bonds. The maximum Gasteiger partial charge on any atom is 0.282 e. The molecule has 0 unspecified atom stereocenters. The fraction of sp³-hybridized carbons (Fsp3) is 0.0833. The lowest BCUT2D eigenvalue weighted by Crippen LogP contribution is -2.32. The number of carbonyl (C=O) groups is 2. The van der Waals surface area contributed by atoms with Crippen molar-refractivity contribution in [3.63, 3.8) is 0 Å². The van der Waals surface area contributed by atoms with Crippen LogP contribution in [-0.2, 0) is 9.59 Å². The Labute approximate surface area is 192 Å². The topological polar surface area (TPSA) is 111 Å². The van der Waals surface area contributed by atoms with E-state index >= 15 is 0 Å². The molecule has 0 spiro atoms. The highest BCUT2D eigenvalue weighted by Gasteiger charge is 2.40. The van der Waals surface area contributed by atoms with Crippen molar-refractivity contribution in [2.24, 2.45) is 0 Å². The van der Waals surface area contributed by atoms with Gasteiger partial charge in [0.1, 0.15) is 24.7 Å². The van der Waals surface area contributed by atoms with E-state index in [-0.39, 0.29) is 22.6 Å². The van der Waals surface area contributed by atoms with Crippen LogP contribution >= 0.6 is 0 Å². The Morgan fingerprint density at radius 1 is 0.882 bits per heavy atom. The number of nitrogens with zero attached hydrogens (tertiary/aromatic N) is 2. The first-order valence-electron chi connectivity index (χ1n) is 10.2. The van der Waals surface area contributed by atoms with Gasteiger partial charge in [0.25, 0.3) is 17.5 Å². The van der Waals surface area contributed by atoms with Gasteiger partial charge in [-0.2, -0.15) is 0 Å². The number of imide groups is 1. The minimum atomic E-state index is -0.653. The van der Waals surface area contributed by atoms with Gasteiger partial charge in [0.2, 0.25) is 0 Å². The smallest absolute Gasteiger partial charge is 0.282 e. The first-order valence-corrected chi connectivity index (χ1v) is 10.2. The van der Waals surface area contributed by atoms with Crippen LogP contribution in [0.5, 0.6) is 11.5 Å². The summed E-state index contributed by atoms with van der Waals surface area (Å²) in [6, 6.07) is 15.3. The molecule has 0 fully saturated rings. The van der Waals surface area contributed by atoms with Crippen molar-refractivity contribution >= 4 is 34.4 Å². The molecule has 34 heavy (non-hydrogen) atoms. The number of rotatable bonds is 5. The molecule has 2 heterocycles. The van der Waals surface area contributed by atoms with Gasteiger partial charge in [0, 0.05) is 23.9 Å². The highest BCUT2D eigenvalue weighted by Crippen LogP contribution is 2.37. The molecule has 0 aliphatic carbocycles. The van der Waals surface area contributed by atoms with Crippen molar-refractivity contribution in [2.75, 3.05) is 23.4 Å². The van der Waals surface area contributed by atoms with E-state index in [0.29, 0.717) is 36.0 Å². The molecule has 2 aliphatic rings. The Morgan fingerprint density at radius 3 is 2.24 bits per heavy atom. The number of nitro groups is 1. The van der Waals surface area contributed by atoms with E-state index in [1.165, 1.54) is 36.4 Å². The zero-order chi connectivity index (χ0) is 23.8. The number of ether oxygens (including phenoxy) is 2. The Kier molecular flexibility index (Phi) is 5.17. The third-order valence-electron chi connectivity index (χ3n) is 5.35. The van der Waals surface area contributed by atoms with Gasteiger partial charge in [0.15, 0.2) is 11.5 Å². The Bertz CT molecular complexity index is 1350. The minimum absolute atomic E-state index is 0.0270. The molecule has 2 aliphatic heterocycles. The summed E-state index contributed by atoms with van der Waals surface area (Å²) in [7, 11) is 0. The van der Waals surface area contributed by atoms with Gasteiger partial charge in [0.05, 0.1) is 16.2 Å². The number of hydrogen-bond acceptors (Lipinski definition) is 7. The second-order valence-electron chi connectivity index (χ2n) is 7.46. The molecule has 0 saturated carbocycles. The van der Waals surface area contributed by atoms with E-state index in [0.717, 1.165) is 17.0 Å². The number of carbonyl (C=O) groups excluding carboxylic acids is 2. The maximum atomic E-state index is 13.4. The molecule has 3 aromatic rings. The van der Waals surface area contributed by atoms with Crippen molar-refractivity contribution in [1.82, 2.24) is 0 Å². The van der Waals surface area contributed by atoms with Crippen LogP contribution in [0.25, 0.3) is 5.57 Å². The second-order valence-corrected chi connectivity index (χ2v) is 7.46. The standard InChI is InChI=1S/C24H16FN3O6/c25-15-3-8-17(9-4-15)27-23(29)21(14-1-6-18(7-2-14)28(31)32)22(24(27)30)26-16-5-10-19-20(13-16)34-12-11-33-19/h1-10,13,26H,11-12H2. The maximum absolute atomic E-state index is 13.4. The van der Waals surface area contributed by atoms with Gasteiger partial charge in [-0.1, -0.05) is 0 Å². The number of fused-ring (bicyclic) bond motifs is 1. The lowest BCUT2D eigenvalue weighted by Gasteiger charge is -2.19. The predicted molar refractivity (Wildman–Crippen MR) is 120 cm³/mol. The number of nitrogens with one attached hydrogen (secondary N) is 1. The average Bonchev–Trinajstić information content (AvgIpc) is 3.08. The normalized spacial score (nSPS) is 15.0. The first kappa shape index (κ1) is 21.1. The molecule has 170 valence electrons. The lowest BCUT2D eigenvalue weighted by atomic mass is 10.0. The van der Waals surface area contributed by atoms with E-state index in [4.69, 9.17) is 9.47 Å². The molecule has 5 rings (SSSR count). The molecule has 0 atom stereocenters. The third kappa shape index (κ3) is 3.71. The second kappa shape index (κ2) is 8.32. The molecule has 0 saturated heterocycles. The summed E-state index contributed by atoms with van der Waals surface area (Å²) in [5.41, 5.74) is 0.820. The highest BCUT2D eigenvalue weighted by atomic mass is 19.1. The summed E-state index contributed by atoms with van der Waals surface area (Å²) in [4.78, 5) is 38.2. The summed E-state index contributed by atoms with van der Waals surface area (Å²) in [6.07, 6.45) is 0. The van der Waals surface area contributed by atoms with E-state index in [1.807, 2.05) is 0 Å². The summed E-state index contributed by atoms with van der Waals surface area (Å²) >= 11 is 0. The summed E-state index contributed by atoms with van der Waals surface area (Å²) < 4.78 is 24.5. The summed E-state index contributed by atoms with van der Waals surface area (Å²) in [5.74, 6) is -0.768. The Hall–Kier alpha value is -4.73. The van der Waals surface area contributed by atoms with Crippen molar-refractivity contribution < 1.29 is 28.4 Å². The predicted octanol–water partition coefficient (Wildman–Crippen LogP) is 3.90. The molecule has 3 aromatic carbocycles. The fourth-order valence-electron chi connectivity index (χ4n) is 3.75. The van der Waals surface area contributed by atoms with Crippen LogP contribution in [0, 0.1) is 15.9 Å². The summed E-state index contributed by atoms with van der Waals surface area (Å²) in [6.45, 7) is 0.803. The van der Waals surface area contributed by atoms with E-state index in [9.17, 15) is 24.1 Å². The molecule has 1 N–H and O–H groups in total. The van der Waals surface area contributed by atoms with Crippen LogP contribution in [-0.4, -0.2) is 30.0 Å². The van der Waals surface area contributed by atoms with Gasteiger partial charge in [-0.15, -0.1) is 0 Å². The highest BCUT2D eigenvalue weighted by molar-refractivity contribution is 6.46. The SMILES string of the molecule is O=C1C(Nc2ccc3c(c2)OCCO3)=C(c2ccc([N+](=O)[O-])cc2)C(=O)N1c1ccc(F)cc1. The van der Waals surface area contributed by atoms with Gasteiger partial charge >= 0.3 is 0 Å². The average molecular weight is 461 g/mol. The molecular formula is C24H16FN3O6. The number of non-ortho nitro benzene ring substituents is 1. The Balaban J connectivity index is 1.58. The van der Waals surface area contributed by atoms with Crippen LogP contribution in [0.4, 0.5) is 21.5 Å². The molecule has 0 aromatic heterocycles. The van der Waals surface area contributed by atoms with Crippen LogP contribution < -0.4 is 19.7 Å². The molecule has 0 radical (unpaired) electrons. The van der Waals surface area contributed by atoms with E-state index in [2.05, 4.69) is 5.32 Å². The minimum Gasteiger partial charge on any atom is -0.486 e. The monoisotopic (exact) mass is 461 g/mol. The number of amides is 2. The van der Waals surface area contributed by atoms with Gasteiger partial charge in [-0.05, 0) is 54.1 Å². The fourth-order valence-corrected chi connectivity index (χ4v) is 3.75. The van der Waals surface area contributed by atoms with Gasteiger partial charge in [-0.25, -0.2) is 9.29 Å². The number of hydrogen-bond donors (Lipinski definition) is 1. The number of nitro benzene ring substituents is 1. The number of halogens is 1. The van der Waals surface area contributed by atoms with Gasteiger partial charge < -0.3 is 14.8 Å². The molecular weight excluding hydrogens is 445 g/mol. The third-order valence-corrected chi connectivity index (χ3v) is 5.35. The molecule has 10 heteroatoms. The number of anilines is 2. The van der Waals surface area contributed by atoms with Crippen molar-refractivity contribution in [1.29, 1.82) is 0 Å². The largest absolute Gasteiger partial charge is 0.486 e. The first-order chi connectivity index (χ1) is 16.4. The summed E-state index contributed by atoms with van der Waals surface area (Å²) in [5, 5.41) is 14.0.